The first-order chi connectivity index (χ1) is 9.65. The first kappa shape index (κ1) is 13.3. The highest BCUT2D eigenvalue weighted by Gasteiger charge is 2.28. The molecule has 0 saturated carbocycles. The monoisotopic (exact) mass is 294 g/mol. The normalized spacial score (nSPS) is 22.9. The average molecular weight is 295 g/mol. The van der Waals surface area contributed by atoms with E-state index in [-0.39, 0.29) is 29.0 Å². The third-order valence-electron chi connectivity index (χ3n) is 3.53. The van der Waals surface area contributed by atoms with Crippen molar-refractivity contribution >= 4 is 34.6 Å². The number of nitrogens with zero attached hydrogens (tertiary/aromatic N) is 3. The molecule has 3 heterocycles. The molecular weight excluding hydrogens is 280 g/mol. The highest BCUT2D eigenvalue weighted by molar-refractivity contribution is 6.33. The Balaban J connectivity index is 1.80. The molecule has 7 nitrogen and oxygen atoms in total. The van der Waals surface area contributed by atoms with E-state index >= 15 is 0 Å². The summed E-state index contributed by atoms with van der Waals surface area (Å²) in [5.41, 5.74) is 0.999. The smallest absolute Gasteiger partial charge is 0.244 e. The summed E-state index contributed by atoms with van der Waals surface area (Å²) in [6.45, 7) is 2.91. The number of anilines is 1. The summed E-state index contributed by atoms with van der Waals surface area (Å²) in [6.07, 6.45) is 3.61. The molecule has 20 heavy (non-hydrogen) atoms. The van der Waals surface area contributed by atoms with Crippen molar-refractivity contribution in [2.75, 3.05) is 11.9 Å². The summed E-state index contributed by atoms with van der Waals surface area (Å²) in [5.74, 6) is 0.329. The van der Waals surface area contributed by atoms with Crippen molar-refractivity contribution in [1.29, 1.82) is 0 Å². The maximum atomic E-state index is 12.2. The van der Waals surface area contributed by atoms with Crippen molar-refractivity contribution in [2.24, 2.45) is 5.92 Å². The third kappa shape index (κ3) is 2.46. The molecule has 1 aliphatic rings. The van der Waals surface area contributed by atoms with E-state index in [1.807, 2.05) is 0 Å². The fraction of sp³-hybridized carbons (Fsp3) is 0.500. The predicted octanol–water partition coefficient (Wildman–Crippen LogP) is 1.33. The minimum atomic E-state index is -0.221. The molecule has 106 valence electrons. The van der Waals surface area contributed by atoms with Crippen LogP contribution >= 0.6 is 11.6 Å². The number of halogens is 1. The molecule has 3 rings (SSSR count). The van der Waals surface area contributed by atoms with Crippen LogP contribution in [0.2, 0.25) is 5.15 Å². The number of rotatable bonds is 2. The lowest BCUT2D eigenvalue weighted by Gasteiger charge is -2.28. The highest BCUT2D eigenvalue weighted by atomic mass is 35.5. The summed E-state index contributed by atoms with van der Waals surface area (Å²) < 4.78 is 0. The molecule has 1 aliphatic heterocycles. The molecule has 8 heteroatoms. The second-order valence-electron chi connectivity index (χ2n) is 4.98. The van der Waals surface area contributed by atoms with E-state index in [2.05, 4.69) is 37.5 Å². The standard InChI is InChI=1S/C12H15ClN6O/c1-6-3-2-4-14-7(6)11(20)19-12-17-9(13)8-10(18-12)16-5-15-8/h5-7,14H,2-4H2,1H3,(H2,15,16,17,18,19,20). The number of fused-ring (bicyclic) bond motifs is 1. The van der Waals surface area contributed by atoms with Crippen LogP contribution in [-0.2, 0) is 4.79 Å². The van der Waals surface area contributed by atoms with Crippen LogP contribution in [0.15, 0.2) is 6.33 Å². The number of hydrogen-bond donors (Lipinski definition) is 3. The molecule has 1 saturated heterocycles. The van der Waals surface area contributed by atoms with Gasteiger partial charge in [-0.25, -0.2) is 4.98 Å². The SMILES string of the molecule is CC1CCCNC1C(=O)Nc1nc(Cl)c2[nH]cnc2n1. The number of aromatic amines is 1. The summed E-state index contributed by atoms with van der Waals surface area (Å²) in [5, 5.41) is 6.16. The zero-order chi connectivity index (χ0) is 14.1. The Morgan fingerprint density at radius 1 is 1.50 bits per heavy atom. The Morgan fingerprint density at radius 2 is 2.35 bits per heavy atom. The minimum Gasteiger partial charge on any atom is -0.341 e. The number of H-pyrrole nitrogens is 1. The Bertz CT molecular complexity index is 642. The third-order valence-corrected chi connectivity index (χ3v) is 3.80. The van der Waals surface area contributed by atoms with Gasteiger partial charge in [-0.15, -0.1) is 0 Å². The van der Waals surface area contributed by atoms with E-state index in [0.717, 1.165) is 19.4 Å². The molecule has 2 unspecified atom stereocenters. The van der Waals surface area contributed by atoms with Gasteiger partial charge in [0.15, 0.2) is 10.8 Å². The van der Waals surface area contributed by atoms with Crippen molar-refractivity contribution in [1.82, 2.24) is 25.3 Å². The van der Waals surface area contributed by atoms with Crippen LogP contribution in [0.1, 0.15) is 19.8 Å². The highest BCUT2D eigenvalue weighted by Crippen LogP contribution is 2.20. The fourth-order valence-corrected chi connectivity index (χ4v) is 2.66. The van der Waals surface area contributed by atoms with Gasteiger partial charge in [0.25, 0.3) is 0 Å². The lowest BCUT2D eigenvalue weighted by atomic mass is 9.92. The molecule has 0 aromatic carbocycles. The van der Waals surface area contributed by atoms with Crippen molar-refractivity contribution < 1.29 is 4.79 Å². The number of nitrogens with one attached hydrogen (secondary N) is 3. The molecule has 0 spiro atoms. The van der Waals surface area contributed by atoms with Gasteiger partial charge in [-0.3, -0.25) is 10.1 Å². The van der Waals surface area contributed by atoms with Crippen LogP contribution in [0.4, 0.5) is 5.95 Å². The molecule has 2 aromatic rings. The van der Waals surface area contributed by atoms with Crippen molar-refractivity contribution in [3.05, 3.63) is 11.5 Å². The lowest BCUT2D eigenvalue weighted by molar-refractivity contribution is -0.119. The molecule has 1 amide bonds. The quantitative estimate of drug-likeness (QED) is 0.726. The second-order valence-corrected chi connectivity index (χ2v) is 5.34. The summed E-state index contributed by atoms with van der Waals surface area (Å²) in [7, 11) is 0. The minimum absolute atomic E-state index is 0.136. The molecule has 1 fully saturated rings. The molecule has 2 atom stereocenters. The number of amides is 1. The number of aromatic nitrogens is 4. The van der Waals surface area contributed by atoms with E-state index in [9.17, 15) is 4.79 Å². The number of piperidine rings is 1. The van der Waals surface area contributed by atoms with E-state index in [1.54, 1.807) is 0 Å². The van der Waals surface area contributed by atoms with Gasteiger partial charge >= 0.3 is 0 Å². The summed E-state index contributed by atoms with van der Waals surface area (Å²) >= 11 is 6.01. The Hall–Kier alpha value is -1.73. The molecule has 2 aromatic heterocycles. The number of imidazole rings is 1. The van der Waals surface area contributed by atoms with E-state index in [4.69, 9.17) is 11.6 Å². The second kappa shape index (κ2) is 5.34. The first-order valence-electron chi connectivity index (χ1n) is 6.56. The molecule has 0 aliphatic carbocycles. The largest absolute Gasteiger partial charge is 0.341 e. The predicted molar refractivity (Wildman–Crippen MR) is 75.5 cm³/mol. The maximum absolute atomic E-state index is 12.2. The van der Waals surface area contributed by atoms with Gasteiger partial charge in [0.05, 0.1) is 12.4 Å². The zero-order valence-electron chi connectivity index (χ0n) is 11.0. The van der Waals surface area contributed by atoms with Crippen LogP contribution in [0.25, 0.3) is 11.2 Å². The number of hydrogen-bond acceptors (Lipinski definition) is 5. The first-order valence-corrected chi connectivity index (χ1v) is 6.94. The van der Waals surface area contributed by atoms with Crippen LogP contribution in [0.3, 0.4) is 0 Å². The molecule has 3 N–H and O–H groups in total. The van der Waals surface area contributed by atoms with Crippen molar-refractivity contribution in [2.45, 2.75) is 25.8 Å². The van der Waals surface area contributed by atoms with Crippen LogP contribution in [0.5, 0.6) is 0 Å². The molecule has 0 radical (unpaired) electrons. The zero-order valence-corrected chi connectivity index (χ0v) is 11.7. The maximum Gasteiger partial charge on any atom is 0.244 e. The Morgan fingerprint density at radius 3 is 3.15 bits per heavy atom. The molecule has 0 bridgehead atoms. The van der Waals surface area contributed by atoms with E-state index in [1.165, 1.54) is 6.33 Å². The van der Waals surface area contributed by atoms with Crippen LogP contribution in [-0.4, -0.2) is 38.4 Å². The van der Waals surface area contributed by atoms with Crippen LogP contribution < -0.4 is 10.6 Å². The Labute approximate surface area is 120 Å². The van der Waals surface area contributed by atoms with Crippen LogP contribution in [0, 0.1) is 5.92 Å². The van der Waals surface area contributed by atoms with Gasteiger partial charge in [-0.05, 0) is 25.3 Å². The average Bonchev–Trinajstić information content (AvgIpc) is 2.88. The van der Waals surface area contributed by atoms with Gasteiger partial charge in [-0.2, -0.15) is 9.97 Å². The summed E-state index contributed by atoms with van der Waals surface area (Å²) in [6, 6.07) is -0.221. The van der Waals surface area contributed by atoms with Gasteiger partial charge < -0.3 is 10.3 Å². The van der Waals surface area contributed by atoms with E-state index < -0.39 is 0 Å². The van der Waals surface area contributed by atoms with Gasteiger partial charge in [-0.1, -0.05) is 18.5 Å². The number of carbonyl (C=O) groups is 1. The van der Waals surface area contributed by atoms with E-state index in [0.29, 0.717) is 11.2 Å². The number of carbonyl (C=O) groups excluding carboxylic acids is 1. The molecular formula is C12H15ClN6O. The summed E-state index contributed by atoms with van der Waals surface area (Å²) in [4.78, 5) is 27.3. The van der Waals surface area contributed by atoms with Gasteiger partial charge in [0, 0.05) is 0 Å². The van der Waals surface area contributed by atoms with Crippen molar-refractivity contribution in [3.63, 3.8) is 0 Å². The van der Waals surface area contributed by atoms with Gasteiger partial charge in [0.1, 0.15) is 5.52 Å². The topological polar surface area (TPSA) is 95.6 Å². The fourth-order valence-electron chi connectivity index (χ4n) is 2.44. The lowest BCUT2D eigenvalue weighted by Crippen LogP contribution is -2.48. The van der Waals surface area contributed by atoms with Crippen molar-refractivity contribution in [3.8, 4) is 0 Å². The Kier molecular flexibility index (Phi) is 3.54. The van der Waals surface area contributed by atoms with Gasteiger partial charge in [0.2, 0.25) is 11.9 Å².